The van der Waals surface area contributed by atoms with E-state index in [1.54, 1.807) is 13.2 Å². The number of aromatic nitrogens is 1. The van der Waals surface area contributed by atoms with Crippen LogP contribution in [-0.2, 0) is 11.2 Å². The van der Waals surface area contributed by atoms with Crippen LogP contribution in [0.2, 0.25) is 0 Å². The zero-order valence-corrected chi connectivity index (χ0v) is 16.6. The number of ether oxygens (including phenoxy) is 2. The summed E-state index contributed by atoms with van der Waals surface area (Å²) in [5, 5.41) is 3.01. The van der Waals surface area contributed by atoms with Gasteiger partial charge in [-0.25, -0.2) is 4.98 Å². The van der Waals surface area contributed by atoms with Gasteiger partial charge in [-0.05, 0) is 48.7 Å². The first-order chi connectivity index (χ1) is 14.2. The Morgan fingerprint density at radius 3 is 2.90 bits per heavy atom. The van der Waals surface area contributed by atoms with Crippen molar-refractivity contribution < 1.29 is 14.3 Å². The third-order valence-corrected chi connectivity index (χ3v) is 5.16. The van der Waals surface area contributed by atoms with Crippen LogP contribution in [-0.4, -0.2) is 31.2 Å². The first-order valence-corrected chi connectivity index (χ1v) is 9.75. The number of nitrogens with zero attached hydrogens (tertiary/aromatic N) is 1. The first kappa shape index (κ1) is 19.2. The third-order valence-electron chi connectivity index (χ3n) is 5.16. The van der Waals surface area contributed by atoms with Crippen molar-refractivity contribution in [3.05, 3.63) is 83.0 Å². The van der Waals surface area contributed by atoms with E-state index in [0.29, 0.717) is 24.5 Å². The Bertz CT molecular complexity index is 1030. The van der Waals surface area contributed by atoms with Gasteiger partial charge in [0.25, 0.3) is 5.91 Å². The van der Waals surface area contributed by atoms with E-state index < -0.39 is 0 Å². The summed E-state index contributed by atoms with van der Waals surface area (Å²) >= 11 is 0. The minimum absolute atomic E-state index is 0.120. The molecule has 1 aliphatic rings. The van der Waals surface area contributed by atoms with Crippen LogP contribution in [0.4, 0.5) is 0 Å². The van der Waals surface area contributed by atoms with E-state index in [4.69, 9.17) is 9.47 Å². The Kier molecular flexibility index (Phi) is 5.58. The fourth-order valence-electron chi connectivity index (χ4n) is 3.66. The highest BCUT2D eigenvalue weighted by atomic mass is 16.5. The fourth-order valence-corrected chi connectivity index (χ4v) is 3.66. The highest BCUT2D eigenvalue weighted by molar-refractivity contribution is 5.95. The zero-order valence-electron chi connectivity index (χ0n) is 16.6. The van der Waals surface area contributed by atoms with Crippen LogP contribution in [0.25, 0.3) is 11.3 Å². The number of pyridine rings is 1. The summed E-state index contributed by atoms with van der Waals surface area (Å²) < 4.78 is 11.3. The minimum atomic E-state index is -0.134. The maximum Gasteiger partial charge on any atom is 0.251 e. The number of hydrogen-bond donors (Lipinski definition) is 1. The van der Waals surface area contributed by atoms with Crippen LogP contribution in [0, 0.1) is 6.92 Å². The van der Waals surface area contributed by atoms with Crippen LogP contribution in [0.1, 0.15) is 33.3 Å². The molecule has 1 aromatic heterocycles. The van der Waals surface area contributed by atoms with Gasteiger partial charge in [0, 0.05) is 23.4 Å². The van der Waals surface area contributed by atoms with Crippen LogP contribution >= 0.6 is 0 Å². The summed E-state index contributed by atoms with van der Waals surface area (Å²) in [7, 11) is 1.62. The molecule has 29 heavy (non-hydrogen) atoms. The van der Waals surface area contributed by atoms with Crippen LogP contribution in [0.5, 0.6) is 5.75 Å². The number of nitrogens with one attached hydrogen (secondary N) is 1. The van der Waals surface area contributed by atoms with Crippen molar-refractivity contribution in [2.45, 2.75) is 19.4 Å². The predicted molar refractivity (Wildman–Crippen MR) is 112 cm³/mol. The second kappa shape index (κ2) is 8.45. The van der Waals surface area contributed by atoms with Crippen molar-refractivity contribution >= 4 is 5.91 Å². The normalized spacial score (nSPS) is 15.4. The second-order valence-electron chi connectivity index (χ2n) is 7.10. The molecule has 3 aromatic rings. The Morgan fingerprint density at radius 2 is 2.03 bits per heavy atom. The topological polar surface area (TPSA) is 60.5 Å². The molecule has 4 rings (SSSR count). The SMILES string of the molecule is COc1ccc(C)nc1-c1cccc(C(=O)NCC2OCCc3ccccc32)c1. The van der Waals surface area contributed by atoms with Gasteiger partial charge in [0.15, 0.2) is 0 Å². The van der Waals surface area contributed by atoms with Gasteiger partial charge in [-0.15, -0.1) is 0 Å². The molecular formula is C24H24N2O3. The lowest BCUT2D eigenvalue weighted by atomic mass is 9.97. The Labute approximate surface area is 170 Å². The summed E-state index contributed by atoms with van der Waals surface area (Å²) in [4.78, 5) is 17.4. The molecule has 1 aliphatic heterocycles. The molecule has 0 bridgehead atoms. The van der Waals surface area contributed by atoms with Crippen LogP contribution in [0.3, 0.4) is 0 Å². The molecule has 148 valence electrons. The largest absolute Gasteiger partial charge is 0.494 e. The van der Waals surface area contributed by atoms with Crippen LogP contribution in [0.15, 0.2) is 60.7 Å². The van der Waals surface area contributed by atoms with Gasteiger partial charge in [-0.3, -0.25) is 4.79 Å². The summed E-state index contributed by atoms with van der Waals surface area (Å²) in [5.74, 6) is 0.547. The highest BCUT2D eigenvalue weighted by Gasteiger charge is 2.21. The predicted octanol–water partition coefficient (Wildman–Crippen LogP) is 4.11. The molecule has 0 saturated heterocycles. The third kappa shape index (κ3) is 4.15. The molecule has 1 amide bonds. The lowest BCUT2D eigenvalue weighted by Crippen LogP contribution is -2.31. The van der Waals surface area contributed by atoms with Gasteiger partial charge in [0.1, 0.15) is 17.5 Å². The minimum Gasteiger partial charge on any atom is -0.494 e. The summed E-state index contributed by atoms with van der Waals surface area (Å²) in [6.07, 6.45) is 0.791. The van der Waals surface area contributed by atoms with Gasteiger partial charge in [0.05, 0.1) is 13.7 Å². The lowest BCUT2D eigenvalue weighted by Gasteiger charge is -2.26. The highest BCUT2D eigenvalue weighted by Crippen LogP contribution is 2.29. The molecule has 2 heterocycles. The number of benzene rings is 2. The van der Waals surface area contributed by atoms with Gasteiger partial charge in [0.2, 0.25) is 0 Å². The van der Waals surface area contributed by atoms with Gasteiger partial charge in [-0.2, -0.15) is 0 Å². The van der Waals surface area contributed by atoms with Crippen molar-refractivity contribution in [3.63, 3.8) is 0 Å². The Hall–Kier alpha value is -3.18. The van der Waals surface area contributed by atoms with Gasteiger partial charge >= 0.3 is 0 Å². The zero-order chi connectivity index (χ0) is 20.2. The molecule has 2 aromatic carbocycles. The van der Waals surface area contributed by atoms with Gasteiger partial charge in [-0.1, -0.05) is 36.4 Å². The molecular weight excluding hydrogens is 364 g/mol. The number of carbonyl (C=O) groups is 1. The number of hydrogen-bond acceptors (Lipinski definition) is 4. The Morgan fingerprint density at radius 1 is 1.17 bits per heavy atom. The smallest absolute Gasteiger partial charge is 0.251 e. The number of aryl methyl sites for hydroxylation is 1. The molecule has 0 radical (unpaired) electrons. The van der Waals surface area contributed by atoms with Crippen molar-refractivity contribution in [2.24, 2.45) is 0 Å². The van der Waals surface area contributed by atoms with Crippen molar-refractivity contribution in [1.29, 1.82) is 0 Å². The number of carbonyl (C=O) groups excluding carboxylic acids is 1. The second-order valence-corrected chi connectivity index (χ2v) is 7.10. The molecule has 5 nitrogen and oxygen atoms in total. The average molecular weight is 388 g/mol. The average Bonchev–Trinajstić information content (AvgIpc) is 2.77. The van der Waals surface area contributed by atoms with E-state index in [9.17, 15) is 4.79 Å². The summed E-state index contributed by atoms with van der Waals surface area (Å²) in [6.45, 7) is 3.04. The molecule has 1 atom stereocenters. The molecule has 0 aliphatic carbocycles. The van der Waals surface area contributed by atoms with Crippen molar-refractivity contribution in [3.8, 4) is 17.0 Å². The number of methoxy groups -OCH3 is 1. The van der Waals surface area contributed by atoms with E-state index in [-0.39, 0.29) is 12.0 Å². The van der Waals surface area contributed by atoms with E-state index >= 15 is 0 Å². The van der Waals surface area contributed by atoms with Crippen molar-refractivity contribution in [2.75, 3.05) is 20.3 Å². The standard InChI is InChI=1S/C24H24N2O3/c1-16-10-11-21(28-2)23(26-16)18-7-5-8-19(14-18)24(27)25-15-22-20-9-4-3-6-17(20)12-13-29-22/h3-11,14,22H,12-13,15H2,1-2H3,(H,25,27). The Balaban J connectivity index is 1.51. The molecule has 5 heteroatoms. The van der Waals surface area contributed by atoms with E-state index in [2.05, 4.69) is 22.4 Å². The maximum absolute atomic E-state index is 12.8. The number of fused-ring (bicyclic) bond motifs is 1. The molecule has 1 N–H and O–H groups in total. The first-order valence-electron chi connectivity index (χ1n) is 9.75. The monoisotopic (exact) mass is 388 g/mol. The van der Waals surface area contributed by atoms with Gasteiger partial charge < -0.3 is 14.8 Å². The number of rotatable bonds is 5. The maximum atomic E-state index is 12.8. The quantitative estimate of drug-likeness (QED) is 0.715. The molecule has 0 saturated carbocycles. The molecule has 0 spiro atoms. The van der Waals surface area contributed by atoms with Crippen molar-refractivity contribution in [1.82, 2.24) is 10.3 Å². The van der Waals surface area contributed by atoms with E-state index in [1.165, 1.54) is 5.56 Å². The van der Waals surface area contributed by atoms with Crippen LogP contribution < -0.4 is 10.1 Å². The summed E-state index contributed by atoms with van der Waals surface area (Å²) in [5.41, 5.74) is 5.49. The summed E-state index contributed by atoms with van der Waals surface area (Å²) in [6, 6.07) is 19.5. The fraction of sp³-hybridized carbons (Fsp3) is 0.250. The van der Waals surface area contributed by atoms with E-state index in [0.717, 1.165) is 28.9 Å². The molecule has 0 fully saturated rings. The molecule has 1 unspecified atom stereocenters. The van der Waals surface area contributed by atoms with E-state index in [1.807, 2.05) is 49.4 Å². The number of amides is 1. The lowest BCUT2D eigenvalue weighted by molar-refractivity contribution is 0.0411.